The van der Waals surface area contributed by atoms with Gasteiger partial charge in [-0.05, 0) is 4.57 Å². The van der Waals surface area contributed by atoms with Crippen molar-refractivity contribution in [2.45, 2.75) is 38.5 Å². The summed E-state index contributed by atoms with van der Waals surface area (Å²) in [5, 5.41) is 18.9. The second-order valence-corrected chi connectivity index (χ2v) is 6.91. The van der Waals surface area contributed by atoms with Gasteiger partial charge in [0.05, 0.1) is 6.61 Å². The van der Waals surface area contributed by atoms with Crippen LogP contribution in [0.5, 0.6) is 0 Å². The minimum absolute atomic E-state index is 0.201. The number of nitrogens with zero attached hydrogens (tertiary/aromatic N) is 4. The molecule has 0 saturated carbocycles. The number of carbonyl (C=O) groups excluding carboxylic acids is 1. The van der Waals surface area contributed by atoms with Gasteiger partial charge < -0.3 is 14.7 Å². The summed E-state index contributed by atoms with van der Waals surface area (Å²) in [5.41, 5.74) is -1.19. The molecule has 13 nitrogen and oxygen atoms in total. The zero-order chi connectivity index (χ0) is 20.6. The van der Waals surface area contributed by atoms with Crippen molar-refractivity contribution in [3.63, 3.8) is 0 Å². The van der Waals surface area contributed by atoms with Gasteiger partial charge in [-0.15, -0.1) is 9.62 Å². The highest BCUT2D eigenvalue weighted by Crippen LogP contribution is 2.37. The Bertz CT molecular complexity index is 964. The van der Waals surface area contributed by atoms with E-state index < -0.39 is 56.9 Å². The van der Waals surface area contributed by atoms with E-state index in [-0.39, 0.29) is 17.1 Å². The summed E-state index contributed by atoms with van der Waals surface area (Å²) in [6.45, 7) is 2.52. The van der Waals surface area contributed by atoms with Crippen LogP contribution in [-0.4, -0.2) is 61.0 Å². The fourth-order valence-electron chi connectivity index (χ4n) is 2.58. The topological polar surface area (TPSA) is 184 Å². The van der Waals surface area contributed by atoms with Crippen LogP contribution in [0.3, 0.4) is 0 Å². The van der Waals surface area contributed by atoms with E-state index in [0.717, 1.165) is 4.68 Å². The number of fused-ring (bicyclic) bond motifs is 1. The number of anilines is 1. The molecule has 0 radical (unpaired) electrons. The Hall–Kier alpha value is -2.38. The Morgan fingerprint density at radius 2 is 2.29 bits per heavy atom. The van der Waals surface area contributed by atoms with Crippen molar-refractivity contribution in [1.29, 1.82) is 0 Å². The molecule has 3 rings (SSSR count). The lowest BCUT2D eigenvalue weighted by atomic mass is 10.1. The van der Waals surface area contributed by atoms with Crippen LogP contribution in [0.25, 0.3) is 11.2 Å². The number of aromatic amines is 1. The third kappa shape index (κ3) is 3.77. The predicted octanol–water partition coefficient (Wildman–Crippen LogP) is -1.26. The molecule has 1 saturated heterocycles. The quantitative estimate of drug-likeness (QED) is 0.478. The number of H-pyrrole nitrogens is 1. The second kappa shape index (κ2) is 7.93. The summed E-state index contributed by atoms with van der Waals surface area (Å²) in [5.74, 6) is -1.03. The van der Waals surface area contributed by atoms with Gasteiger partial charge in [0, 0.05) is 5.92 Å². The Labute approximate surface area is 156 Å². The lowest BCUT2D eigenvalue weighted by molar-refractivity contribution is -0.194. The Balaban J connectivity index is 2.04. The molecule has 1 aliphatic rings. The van der Waals surface area contributed by atoms with E-state index in [9.17, 15) is 28.5 Å². The van der Waals surface area contributed by atoms with E-state index in [4.69, 9.17) is 4.74 Å². The van der Waals surface area contributed by atoms with Crippen molar-refractivity contribution in [3.05, 3.63) is 10.4 Å². The lowest BCUT2D eigenvalue weighted by Crippen LogP contribution is -2.31. The fraction of sp³-hybridized carbons (Fsp3) is 0.615. The van der Waals surface area contributed by atoms with E-state index in [1.165, 1.54) is 0 Å². The van der Waals surface area contributed by atoms with Gasteiger partial charge >= 0.3 is 8.25 Å². The number of amides is 1. The number of aliphatic hydroxyl groups is 1. The Morgan fingerprint density at radius 1 is 1.57 bits per heavy atom. The van der Waals surface area contributed by atoms with E-state index in [0.29, 0.717) is 0 Å². The van der Waals surface area contributed by atoms with Crippen LogP contribution >= 0.6 is 8.25 Å². The maximum atomic E-state index is 14.4. The predicted molar refractivity (Wildman–Crippen MR) is 87.8 cm³/mol. The summed E-state index contributed by atoms with van der Waals surface area (Å²) >= 11 is 0. The van der Waals surface area contributed by atoms with Gasteiger partial charge in [0.1, 0.15) is 6.10 Å². The molecule has 1 fully saturated rings. The summed E-state index contributed by atoms with van der Waals surface area (Å²) < 4.78 is 36.0. The molecule has 1 unspecified atom stereocenters. The summed E-state index contributed by atoms with van der Waals surface area (Å²) in [6.07, 6.45) is -6.54. The number of carbonyl (C=O) groups is 1. The molecule has 2 aromatic rings. The molecule has 0 aliphatic carbocycles. The van der Waals surface area contributed by atoms with Crippen molar-refractivity contribution in [3.8, 4) is 0 Å². The van der Waals surface area contributed by atoms with Crippen molar-refractivity contribution in [2.24, 2.45) is 5.92 Å². The standard InChI is InChI=1S/C13H16FN6O7P/c1-4(2)10(22)16-13-15-9-7(11(23)17-13)18-19-20(9)12-8(27-28(24)25)6(14)5(3-21)26-12/h4-6,8,12,21H,3H2,1-2H3,(H2,15,16,17,22,23)/t5-,6-,8+,12-/m1/s1. The first-order chi connectivity index (χ1) is 13.2. The zero-order valence-electron chi connectivity index (χ0n) is 14.6. The summed E-state index contributed by atoms with van der Waals surface area (Å²) in [6, 6.07) is 0. The fourth-order valence-corrected chi connectivity index (χ4v) is 3.00. The van der Waals surface area contributed by atoms with Crippen LogP contribution in [0.1, 0.15) is 20.1 Å². The molecule has 5 atom stereocenters. The van der Waals surface area contributed by atoms with Crippen molar-refractivity contribution < 1.29 is 33.0 Å². The van der Waals surface area contributed by atoms with E-state index in [1.54, 1.807) is 13.8 Å². The maximum absolute atomic E-state index is 14.4. The number of rotatable bonds is 6. The number of hydrogen-bond donors (Lipinski definition) is 3. The van der Waals surface area contributed by atoms with Crippen LogP contribution in [0.15, 0.2) is 4.79 Å². The average molecular weight is 418 g/mol. The number of aromatic nitrogens is 5. The van der Waals surface area contributed by atoms with Crippen molar-refractivity contribution in [1.82, 2.24) is 25.0 Å². The lowest BCUT2D eigenvalue weighted by Gasteiger charge is -2.15. The molecule has 3 heterocycles. The van der Waals surface area contributed by atoms with Gasteiger partial charge in [-0.2, -0.15) is 9.67 Å². The number of ether oxygens (including phenoxy) is 1. The molecule has 1 aliphatic heterocycles. The molecule has 28 heavy (non-hydrogen) atoms. The highest BCUT2D eigenvalue weighted by atomic mass is 31.1. The van der Waals surface area contributed by atoms with Gasteiger partial charge in [0.2, 0.25) is 11.9 Å². The Morgan fingerprint density at radius 3 is 2.89 bits per heavy atom. The summed E-state index contributed by atoms with van der Waals surface area (Å²) in [7, 11) is -3.45. The summed E-state index contributed by atoms with van der Waals surface area (Å²) in [4.78, 5) is 41.3. The molecular weight excluding hydrogens is 402 g/mol. The maximum Gasteiger partial charge on any atom is 0.489 e. The molecule has 0 aromatic carbocycles. The van der Waals surface area contributed by atoms with E-state index in [1.807, 2.05) is 0 Å². The zero-order valence-corrected chi connectivity index (χ0v) is 15.5. The second-order valence-electron chi connectivity index (χ2n) is 6.25. The van der Waals surface area contributed by atoms with Gasteiger partial charge in [-0.1, -0.05) is 19.1 Å². The molecule has 15 heteroatoms. The molecule has 0 spiro atoms. The molecule has 1 amide bonds. The first-order valence-corrected chi connectivity index (χ1v) is 9.20. The van der Waals surface area contributed by atoms with Crippen LogP contribution < -0.4 is 15.8 Å². The van der Waals surface area contributed by atoms with Crippen LogP contribution in [0.4, 0.5) is 10.3 Å². The number of alkyl halides is 1. The number of aliphatic hydroxyl groups excluding tert-OH is 1. The van der Waals surface area contributed by atoms with E-state index >= 15 is 0 Å². The first-order valence-electron chi connectivity index (χ1n) is 8.10. The van der Waals surface area contributed by atoms with E-state index in [2.05, 4.69) is 30.1 Å². The molecule has 2 aromatic heterocycles. The SMILES string of the molecule is CC(C)C(=O)Nc1nc2c(nnn2[C@@H]2O[C@H](CO)[C@@H](F)[C@@H]2O[P+](=O)[O-])c(=O)[nH]1. The van der Waals surface area contributed by atoms with Crippen LogP contribution in [0, 0.1) is 5.92 Å². The van der Waals surface area contributed by atoms with Crippen molar-refractivity contribution >= 4 is 31.3 Å². The highest BCUT2D eigenvalue weighted by molar-refractivity contribution is 7.30. The monoisotopic (exact) mass is 418 g/mol. The smallest absolute Gasteiger partial charge is 0.489 e. The van der Waals surface area contributed by atoms with Crippen molar-refractivity contribution in [2.75, 3.05) is 11.9 Å². The van der Waals surface area contributed by atoms with Gasteiger partial charge in [-0.25, -0.2) is 4.39 Å². The molecular formula is C13H16FN6O7P. The van der Waals surface area contributed by atoms with Crippen LogP contribution in [0.2, 0.25) is 0 Å². The highest BCUT2D eigenvalue weighted by Gasteiger charge is 2.51. The normalized spacial score (nSPS) is 25.4. The Kier molecular flexibility index (Phi) is 5.76. The third-order valence-electron chi connectivity index (χ3n) is 3.99. The van der Waals surface area contributed by atoms with Gasteiger partial charge in [0.25, 0.3) is 5.56 Å². The van der Waals surface area contributed by atoms with Gasteiger partial charge in [0.15, 0.2) is 29.7 Å². The minimum Gasteiger partial charge on any atom is -0.566 e. The first kappa shape index (κ1) is 20.4. The largest absolute Gasteiger partial charge is 0.566 e. The third-order valence-corrected chi connectivity index (χ3v) is 4.41. The number of halogens is 1. The minimum atomic E-state index is -3.45. The number of nitrogens with one attached hydrogen (secondary N) is 2. The van der Waals surface area contributed by atoms with Crippen LogP contribution in [-0.2, 0) is 18.6 Å². The average Bonchev–Trinajstić information content (AvgIpc) is 3.16. The molecule has 0 bridgehead atoms. The molecule has 3 N–H and O–H groups in total. The molecule has 152 valence electrons. The number of hydrogen-bond acceptors (Lipinski definition) is 10. The van der Waals surface area contributed by atoms with Gasteiger partial charge in [-0.3, -0.25) is 19.9 Å².